The van der Waals surface area contributed by atoms with E-state index < -0.39 is 55.3 Å². The van der Waals surface area contributed by atoms with Gasteiger partial charge in [-0.2, -0.15) is 0 Å². The second-order valence-electron chi connectivity index (χ2n) is 7.75. The van der Waals surface area contributed by atoms with E-state index >= 15 is 0 Å². The highest BCUT2D eigenvalue weighted by Gasteiger charge is 2.45. The fourth-order valence-electron chi connectivity index (χ4n) is 3.83. The molecule has 0 radical (unpaired) electrons. The number of ether oxygens (including phenoxy) is 4. The van der Waals surface area contributed by atoms with Crippen molar-refractivity contribution in [1.82, 2.24) is 0 Å². The Labute approximate surface area is 188 Å². The van der Waals surface area contributed by atoms with Gasteiger partial charge < -0.3 is 49.6 Å². The molecule has 11 nitrogen and oxygen atoms in total. The monoisotopic (exact) mass is 464 g/mol. The van der Waals surface area contributed by atoms with Crippen molar-refractivity contribution < 1.29 is 54.4 Å². The molecule has 0 aliphatic carbocycles. The molecule has 7 atom stereocenters. The number of hydrogen-bond acceptors (Lipinski definition) is 11. The maximum Gasteiger partial charge on any atom is 0.229 e. The van der Waals surface area contributed by atoms with Gasteiger partial charge in [-0.15, -0.1) is 0 Å². The first kappa shape index (κ1) is 23.2. The SMILES string of the molecule is COc1cc(O[C@H]2O[C@@H](CO)[C@H](O)[C@@H](O)[C@@H]2O)cc2c1C(=O)[C@@H](O)[C@H](c1ccc(O)cc1)O2. The molecule has 1 fully saturated rings. The van der Waals surface area contributed by atoms with Crippen molar-refractivity contribution in [2.24, 2.45) is 0 Å². The fourth-order valence-corrected chi connectivity index (χ4v) is 3.83. The van der Waals surface area contributed by atoms with Crippen molar-refractivity contribution in [2.75, 3.05) is 13.7 Å². The van der Waals surface area contributed by atoms with Gasteiger partial charge in [0.05, 0.1) is 13.7 Å². The largest absolute Gasteiger partial charge is 0.508 e. The van der Waals surface area contributed by atoms with E-state index in [9.17, 15) is 35.4 Å². The Kier molecular flexibility index (Phi) is 6.43. The Morgan fingerprint density at radius 2 is 1.70 bits per heavy atom. The van der Waals surface area contributed by atoms with Crippen LogP contribution >= 0.6 is 0 Å². The number of rotatable bonds is 5. The smallest absolute Gasteiger partial charge is 0.229 e. The van der Waals surface area contributed by atoms with E-state index in [1.807, 2.05) is 0 Å². The Bertz CT molecular complexity index is 1010. The number of fused-ring (bicyclic) bond motifs is 1. The molecule has 0 unspecified atom stereocenters. The number of phenolic OH excluding ortho intramolecular Hbond substituents is 1. The molecule has 2 aromatic rings. The third-order valence-corrected chi connectivity index (χ3v) is 5.64. The Morgan fingerprint density at radius 3 is 2.33 bits per heavy atom. The molecule has 2 heterocycles. The van der Waals surface area contributed by atoms with Crippen molar-refractivity contribution >= 4 is 5.78 Å². The lowest BCUT2D eigenvalue weighted by molar-refractivity contribution is -0.277. The Balaban J connectivity index is 1.66. The molecule has 0 amide bonds. The zero-order valence-corrected chi connectivity index (χ0v) is 17.4. The minimum Gasteiger partial charge on any atom is -0.508 e. The van der Waals surface area contributed by atoms with E-state index in [-0.39, 0.29) is 28.6 Å². The summed E-state index contributed by atoms with van der Waals surface area (Å²) in [5.41, 5.74) is 0.430. The van der Waals surface area contributed by atoms with Gasteiger partial charge in [0, 0.05) is 12.1 Å². The third-order valence-electron chi connectivity index (χ3n) is 5.64. The van der Waals surface area contributed by atoms with Crippen molar-refractivity contribution in [1.29, 1.82) is 0 Å². The molecule has 11 heteroatoms. The molecular weight excluding hydrogens is 440 g/mol. The molecule has 33 heavy (non-hydrogen) atoms. The summed E-state index contributed by atoms with van der Waals surface area (Å²) in [4.78, 5) is 12.9. The van der Waals surface area contributed by atoms with Crippen molar-refractivity contribution in [3.05, 3.63) is 47.5 Å². The second kappa shape index (κ2) is 9.14. The maximum absolute atomic E-state index is 12.9. The molecule has 0 spiro atoms. The molecule has 1 saturated heterocycles. The summed E-state index contributed by atoms with van der Waals surface area (Å²) in [6.45, 7) is -0.623. The molecule has 6 N–H and O–H groups in total. The van der Waals surface area contributed by atoms with E-state index in [1.165, 1.54) is 43.5 Å². The lowest BCUT2D eigenvalue weighted by atomic mass is 9.92. The van der Waals surface area contributed by atoms with Gasteiger partial charge in [0.15, 0.2) is 12.2 Å². The van der Waals surface area contributed by atoms with Gasteiger partial charge >= 0.3 is 0 Å². The number of phenols is 1. The molecule has 0 aromatic heterocycles. The molecule has 0 bridgehead atoms. The minimum absolute atomic E-state index is 0.00709. The van der Waals surface area contributed by atoms with Gasteiger partial charge in [0.2, 0.25) is 12.1 Å². The maximum atomic E-state index is 12.9. The number of aromatic hydroxyl groups is 1. The van der Waals surface area contributed by atoms with Gasteiger partial charge in [0.1, 0.15) is 53.0 Å². The minimum atomic E-state index is -1.64. The van der Waals surface area contributed by atoms with Crippen LogP contribution in [0.25, 0.3) is 0 Å². The molecule has 2 aromatic carbocycles. The molecule has 178 valence electrons. The van der Waals surface area contributed by atoms with Gasteiger partial charge in [-0.05, 0) is 17.7 Å². The first-order chi connectivity index (χ1) is 15.7. The average molecular weight is 464 g/mol. The topological polar surface area (TPSA) is 175 Å². The number of hydrogen-bond donors (Lipinski definition) is 6. The highest BCUT2D eigenvalue weighted by molar-refractivity contribution is 6.05. The van der Waals surface area contributed by atoms with Crippen LogP contribution in [-0.4, -0.2) is 86.9 Å². The number of carbonyl (C=O) groups is 1. The summed E-state index contributed by atoms with van der Waals surface area (Å²) in [6, 6.07) is 8.45. The highest BCUT2D eigenvalue weighted by Crippen LogP contribution is 2.43. The first-order valence-corrected chi connectivity index (χ1v) is 10.1. The predicted octanol–water partition coefficient (Wildman–Crippen LogP) is -0.743. The number of benzene rings is 2. The van der Waals surface area contributed by atoms with Crippen LogP contribution in [0.3, 0.4) is 0 Å². The lowest BCUT2D eigenvalue weighted by Gasteiger charge is -2.39. The van der Waals surface area contributed by atoms with E-state index in [1.54, 1.807) is 0 Å². The van der Waals surface area contributed by atoms with Crippen LogP contribution < -0.4 is 14.2 Å². The zero-order valence-electron chi connectivity index (χ0n) is 17.4. The van der Waals surface area contributed by atoms with Crippen LogP contribution in [0.4, 0.5) is 0 Å². The standard InChI is InChI=1S/C22H24O11/c1-30-12-6-11(31-22-20(29)18(27)16(25)14(8-23)33-22)7-13-15(12)17(26)19(28)21(32-13)9-2-4-10(24)5-3-9/h2-7,14,16,18-25,27-29H,8H2,1H3/t14-,16-,18+,19+,20-,21-,22-/m0/s1. The highest BCUT2D eigenvalue weighted by atomic mass is 16.7. The predicted molar refractivity (Wildman–Crippen MR) is 109 cm³/mol. The first-order valence-electron chi connectivity index (χ1n) is 10.1. The van der Waals surface area contributed by atoms with Crippen LogP contribution in [0.15, 0.2) is 36.4 Å². The van der Waals surface area contributed by atoms with Crippen molar-refractivity contribution in [3.63, 3.8) is 0 Å². The average Bonchev–Trinajstić information content (AvgIpc) is 2.81. The molecule has 2 aliphatic rings. The van der Waals surface area contributed by atoms with E-state index in [4.69, 9.17) is 18.9 Å². The number of ketones is 1. The Morgan fingerprint density at radius 1 is 1.00 bits per heavy atom. The third kappa shape index (κ3) is 4.22. The van der Waals surface area contributed by atoms with Gasteiger partial charge in [-0.25, -0.2) is 0 Å². The number of Topliss-reactive ketones (excluding diaryl/α,β-unsaturated/α-hetero) is 1. The second-order valence-corrected chi connectivity index (χ2v) is 7.75. The number of aliphatic hydroxyl groups excluding tert-OH is 5. The van der Waals surface area contributed by atoms with Crippen molar-refractivity contribution in [2.45, 2.75) is 42.9 Å². The van der Waals surface area contributed by atoms with Gasteiger partial charge in [-0.1, -0.05) is 12.1 Å². The summed E-state index contributed by atoms with van der Waals surface area (Å²) in [5, 5.41) is 59.5. The lowest BCUT2D eigenvalue weighted by Crippen LogP contribution is -2.60. The van der Waals surface area contributed by atoms with Crippen LogP contribution in [0.1, 0.15) is 22.0 Å². The number of aliphatic hydroxyl groups is 5. The van der Waals surface area contributed by atoms with Crippen LogP contribution in [0.2, 0.25) is 0 Å². The fraction of sp³-hybridized carbons (Fsp3) is 0.409. The summed E-state index contributed by atoms with van der Waals surface area (Å²) in [6.07, 6.45) is -10.0. The zero-order chi connectivity index (χ0) is 23.9. The summed E-state index contributed by atoms with van der Waals surface area (Å²) in [7, 11) is 1.30. The summed E-state index contributed by atoms with van der Waals surface area (Å²) >= 11 is 0. The Hall–Kier alpha value is -2.93. The van der Waals surface area contributed by atoms with Crippen LogP contribution in [0.5, 0.6) is 23.0 Å². The van der Waals surface area contributed by atoms with E-state index in [2.05, 4.69) is 0 Å². The molecule has 2 aliphatic heterocycles. The van der Waals surface area contributed by atoms with Crippen LogP contribution in [-0.2, 0) is 4.74 Å². The number of methoxy groups -OCH3 is 1. The van der Waals surface area contributed by atoms with Crippen LogP contribution in [0, 0.1) is 0 Å². The molecule has 0 saturated carbocycles. The number of carbonyl (C=O) groups excluding carboxylic acids is 1. The quantitative estimate of drug-likeness (QED) is 0.329. The van der Waals surface area contributed by atoms with Crippen molar-refractivity contribution in [3.8, 4) is 23.0 Å². The molecule has 4 rings (SSSR count). The van der Waals surface area contributed by atoms with Gasteiger partial charge in [0.25, 0.3) is 0 Å². The normalized spacial score (nSPS) is 31.5. The molecular formula is C22H24O11. The van der Waals surface area contributed by atoms with E-state index in [0.717, 1.165) is 0 Å². The summed E-state index contributed by atoms with van der Waals surface area (Å²) < 4.78 is 22.1. The van der Waals surface area contributed by atoms with E-state index in [0.29, 0.717) is 5.56 Å². The summed E-state index contributed by atoms with van der Waals surface area (Å²) in [5.74, 6) is -0.551. The van der Waals surface area contributed by atoms with Gasteiger partial charge in [-0.3, -0.25) is 4.79 Å².